The Morgan fingerprint density at radius 1 is 1.18 bits per heavy atom. The predicted molar refractivity (Wildman–Crippen MR) is 105 cm³/mol. The van der Waals surface area contributed by atoms with E-state index in [9.17, 15) is 13.2 Å². The zero-order valence-electron chi connectivity index (χ0n) is 16.2. The Kier molecular flexibility index (Phi) is 5.37. The summed E-state index contributed by atoms with van der Waals surface area (Å²) in [7, 11) is -3.37. The zero-order chi connectivity index (χ0) is 19.7. The Morgan fingerprint density at radius 3 is 2.82 bits per heavy atom. The molecule has 9 heteroatoms. The SMILES string of the molecule is CCCS(=O)(=O)N1CCCC1C(=O)N1CCCC(c2nnc3ccccn23)C1. The first kappa shape index (κ1) is 19.3. The van der Waals surface area contributed by atoms with Gasteiger partial charge in [0.25, 0.3) is 0 Å². The van der Waals surface area contributed by atoms with Crippen molar-refractivity contribution >= 4 is 21.6 Å². The standard InChI is InChI=1S/C19H27N5O3S/c1-2-13-28(26,27)24-12-6-8-16(24)19(25)22-10-5-7-15(14-22)18-21-20-17-9-3-4-11-23(17)18/h3-4,9,11,15-16H,2,5-8,10,12-14H2,1H3. The second kappa shape index (κ2) is 7.79. The Bertz CT molecular complexity index is 957. The molecule has 2 saturated heterocycles. The van der Waals surface area contributed by atoms with Gasteiger partial charge >= 0.3 is 0 Å². The summed E-state index contributed by atoms with van der Waals surface area (Å²) in [6.07, 6.45) is 5.68. The molecule has 2 unspecified atom stereocenters. The average Bonchev–Trinajstić information content (AvgIpc) is 3.35. The lowest BCUT2D eigenvalue weighted by Gasteiger charge is -2.35. The van der Waals surface area contributed by atoms with Crippen molar-refractivity contribution in [3.63, 3.8) is 0 Å². The summed E-state index contributed by atoms with van der Waals surface area (Å²) in [5.41, 5.74) is 0.800. The Morgan fingerprint density at radius 2 is 2.00 bits per heavy atom. The van der Waals surface area contributed by atoms with Crippen LogP contribution in [0.1, 0.15) is 50.8 Å². The van der Waals surface area contributed by atoms with Gasteiger partial charge in [-0.05, 0) is 44.2 Å². The van der Waals surface area contributed by atoms with Crippen LogP contribution in [0.5, 0.6) is 0 Å². The first-order chi connectivity index (χ1) is 13.5. The number of amides is 1. The van der Waals surface area contributed by atoms with Gasteiger partial charge in [0.15, 0.2) is 5.65 Å². The van der Waals surface area contributed by atoms with Crippen molar-refractivity contribution in [3.8, 4) is 0 Å². The number of likely N-dealkylation sites (tertiary alicyclic amines) is 1. The van der Waals surface area contributed by atoms with Crippen LogP contribution >= 0.6 is 0 Å². The van der Waals surface area contributed by atoms with Crippen molar-refractivity contribution in [1.82, 2.24) is 23.8 Å². The highest BCUT2D eigenvalue weighted by Gasteiger charge is 2.41. The van der Waals surface area contributed by atoms with E-state index in [0.717, 1.165) is 30.7 Å². The molecule has 0 N–H and O–H groups in total. The van der Waals surface area contributed by atoms with Gasteiger partial charge in [-0.25, -0.2) is 8.42 Å². The third kappa shape index (κ3) is 3.53. The van der Waals surface area contributed by atoms with Crippen LogP contribution in [0.3, 0.4) is 0 Å². The van der Waals surface area contributed by atoms with E-state index in [4.69, 9.17) is 0 Å². The van der Waals surface area contributed by atoms with E-state index < -0.39 is 16.1 Å². The van der Waals surface area contributed by atoms with Crippen LogP contribution in [-0.2, 0) is 14.8 Å². The maximum atomic E-state index is 13.2. The Hall–Kier alpha value is -2.00. The average molecular weight is 406 g/mol. The number of hydrogen-bond donors (Lipinski definition) is 0. The molecule has 2 aliphatic rings. The molecular formula is C19H27N5O3S. The largest absolute Gasteiger partial charge is 0.341 e. The summed E-state index contributed by atoms with van der Waals surface area (Å²) in [5.74, 6) is 1.02. The summed E-state index contributed by atoms with van der Waals surface area (Å²) in [4.78, 5) is 15.1. The van der Waals surface area contributed by atoms with Gasteiger partial charge in [-0.1, -0.05) is 13.0 Å². The van der Waals surface area contributed by atoms with Gasteiger partial charge in [0.1, 0.15) is 11.9 Å². The van der Waals surface area contributed by atoms with Crippen molar-refractivity contribution in [2.45, 2.75) is 51.0 Å². The van der Waals surface area contributed by atoms with Gasteiger partial charge in [0, 0.05) is 31.7 Å². The van der Waals surface area contributed by atoms with E-state index in [1.807, 2.05) is 40.6 Å². The van der Waals surface area contributed by atoms with Crippen molar-refractivity contribution < 1.29 is 13.2 Å². The molecule has 2 fully saturated rings. The topological polar surface area (TPSA) is 87.9 Å². The van der Waals surface area contributed by atoms with Gasteiger partial charge in [0.2, 0.25) is 15.9 Å². The molecule has 0 radical (unpaired) electrons. The third-order valence-corrected chi connectivity index (χ3v) is 7.82. The van der Waals surface area contributed by atoms with Crippen LogP contribution in [0.15, 0.2) is 24.4 Å². The molecule has 2 aromatic rings. The summed E-state index contributed by atoms with van der Waals surface area (Å²) in [5, 5.41) is 8.59. The monoisotopic (exact) mass is 405 g/mol. The van der Waals surface area contributed by atoms with E-state index in [1.54, 1.807) is 0 Å². The number of carbonyl (C=O) groups excluding carboxylic acids is 1. The van der Waals surface area contributed by atoms with Crippen LogP contribution in [0.2, 0.25) is 0 Å². The van der Waals surface area contributed by atoms with Crippen LogP contribution in [0, 0.1) is 0 Å². The normalized spacial score (nSPS) is 24.1. The molecule has 2 aromatic heterocycles. The quantitative estimate of drug-likeness (QED) is 0.755. The maximum Gasteiger partial charge on any atom is 0.241 e. The molecular weight excluding hydrogens is 378 g/mol. The number of aromatic nitrogens is 3. The van der Waals surface area contributed by atoms with E-state index in [2.05, 4.69) is 10.2 Å². The highest BCUT2D eigenvalue weighted by molar-refractivity contribution is 7.89. The van der Waals surface area contributed by atoms with Gasteiger partial charge in [-0.2, -0.15) is 4.31 Å². The molecule has 4 rings (SSSR count). The molecule has 2 aliphatic heterocycles. The minimum Gasteiger partial charge on any atom is -0.341 e. The molecule has 0 aromatic carbocycles. The van der Waals surface area contributed by atoms with Crippen LogP contribution in [0.25, 0.3) is 5.65 Å². The molecule has 0 spiro atoms. The first-order valence-corrected chi connectivity index (χ1v) is 11.7. The van der Waals surface area contributed by atoms with Crippen molar-refractivity contribution in [3.05, 3.63) is 30.2 Å². The first-order valence-electron chi connectivity index (χ1n) is 10.1. The maximum absolute atomic E-state index is 13.2. The molecule has 0 saturated carbocycles. The van der Waals surface area contributed by atoms with Crippen LogP contribution in [0.4, 0.5) is 0 Å². The molecule has 152 valence electrons. The van der Waals surface area contributed by atoms with Gasteiger partial charge < -0.3 is 4.90 Å². The number of fused-ring (bicyclic) bond motifs is 1. The number of sulfonamides is 1. The number of piperidine rings is 1. The molecule has 0 aliphatic carbocycles. The van der Waals surface area contributed by atoms with E-state index in [0.29, 0.717) is 32.5 Å². The fourth-order valence-electron chi connectivity index (χ4n) is 4.43. The van der Waals surface area contributed by atoms with E-state index in [-0.39, 0.29) is 17.6 Å². The number of pyridine rings is 1. The Balaban J connectivity index is 1.52. The highest BCUT2D eigenvalue weighted by atomic mass is 32.2. The van der Waals surface area contributed by atoms with Crippen LogP contribution < -0.4 is 0 Å². The number of carbonyl (C=O) groups is 1. The fraction of sp³-hybridized carbons (Fsp3) is 0.632. The third-order valence-electron chi connectivity index (χ3n) is 5.75. The van der Waals surface area contributed by atoms with Crippen molar-refractivity contribution in [2.75, 3.05) is 25.4 Å². The molecule has 4 heterocycles. The summed E-state index contributed by atoms with van der Waals surface area (Å²) in [6, 6.07) is 5.23. The van der Waals surface area contributed by atoms with E-state index >= 15 is 0 Å². The van der Waals surface area contributed by atoms with Gasteiger partial charge in [-0.3, -0.25) is 9.20 Å². The lowest BCUT2D eigenvalue weighted by Crippen LogP contribution is -2.50. The lowest BCUT2D eigenvalue weighted by molar-refractivity contribution is -0.135. The molecule has 0 bridgehead atoms. The molecule has 28 heavy (non-hydrogen) atoms. The fourth-order valence-corrected chi connectivity index (χ4v) is 6.17. The lowest BCUT2D eigenvalue weighted by atomic mass is 9.96. The summed E-state index contributed by atoms with van der Waals surface area (Å²) >= 11 is 0. The Labute approximate surface area is 165 Å². The zero-order valence-corrected chi connectivity index (χ0v) is 17.0. The molecule has 1 amide bonds. The number of hydrogen-bond acceptors (Lipinski definition) is 5. The van der Waals surface area contributed by atoms with Crippen molar-refractivity contribution in [1.29, 1.82) is 0 Å². The van der Waals surface area contributed by atoms with Crippen molar-refractivity contribution in [2.24, 2.45) is 0 Å². The number of nitrogens with zero attached hydrogens (tertiary/aromatic N) is 5. The second-order valence-corrected chi connectivity index (χ2v) is 9.74. The van der Waals surface area contributed by atoms with Gasteiger partial charge in [-0.15, -0.1) is 10.2 Å². The molecule has 2 atom stereocenters. The smallest absolute Gasteiger partial charge is 0.241 e. The minimum absolute atomic E-state index is 0.0595. The predicted octanol–water partition coefficient (Wildman–Crippen LogP) is 1.64. The molecule has 8 nitrogen and oxygen atoms in total. The second-order valence-electron chi connectivity index (χ2n) is 7.70. The number of rotatable bonds is 5. The highest BCUT2D eigenvalue weighted by Crippen LogP contribution is 2.29. The van der Waals surface area contributed by atoms with Gasteiger partial charge in [0.05, 0.1) is 5.75 Å². The minimum atomic E-state index is -3.37. The van der Waals surface area contributed by atoms with E-state index in [1.165, 1.54) is 4.31 Å². The summed E-state index contributed by atoms with van der Waals surface area (Å²) in [6.45, 7) is 3.53. The summed E-state index contributed by atoms with van der Waals surface area (Å²) < 4.78 is 28.5. The van der Waals surface area contributed by atoms with Crippen LogP contribution in [-0.4, -0.2) is 69.6 Å².